The number of rotatable bonds is 3. The SMILES string of the molecule is Cc1c(C(=O)O)cc([As](=O)=O)c([As](=O)=O)c1C. The Hall–Kier alpha value is -0.993. The van der Waals surface area contributed by atoms with E-state index in [9.17, 15) is 19.8 Å². The predicted octanol–water partition coefficient (Wildman–Crippen LogP) is -0.886. The molecule has 0 heterocycles. The van der Waals surface area contributed by atoms with E-state index in [1.807, 2.05) is 0 Å². The Kier molecular flexibility index (Phi) is 4.23. The molecule has 0 radical (unpaired) electrons. The van der Waals surface area contributed by atoms with Gasteiger partial charge in [-0.15, -0.1) is 0 Å². The number of hydrogen-bond donors (Lipinski definition) is 1. The van der Waals surface area contributed by atoms with Gasteiger partial charge in [-0.05, 0) is 0 Å². The summed E-state index contributed by atoms with van der Waals surface area (Å²) in [6.07, 6.45) is 0. The number of hydrogen-bond acceptors (Lipinski definition) is 5. The average Bonchev–Trinajstić information content (AvgIpc) is 2.19. The summed E-state index contributed by atoms with van der Waals surface area (Å²) in [4.78, 5) is 10.9. The quantitative estimate of drug-likeness (QED) is 0.700. The van der Waals surface area contributed by atoms with Crippen LogP contribution >= 0.6 is 0 Å². The normalized spacial score (nSPS) is 10.0. The summed E-state index contributed by atoms with van der Waals surface area (Å²) in [5.41, 5.74) is 0.303. The van der Waals surface area contributed by atoms with Gasteiger partial charge in [-0.3, -0.25) is 0 Å². The molecular formula is C9H8As2O6. The van der Waals surface area contributed by atoms with Crippen molar-refractivity contribution in [2.75, 3.05) is 0 Å². The summed E-state index contributed by atoms with van der Waals surface area (Å²) in [6, 6.07) is 0.928. The molecule has 0 aliphatic heterocycles. The third kappa shape index (κ3) is 2.64. The van der Waals surface area contributed by atoms with Crippen LogP contribution in [0.5, 0.6) is 0 Å². The van der Waals surface area contributed by atoms with Gasteiger partial charge in [0.1, 0.15) is 0 Å². The molecular weight excluding hydrogens is 354 g/mol. The van der Waals surface area contributed by atoms with E-state index < -0.39 is 35.0 Å². The third-order valence-corrected chi connectivity index (χ3v) is 6.83. The molecule has 0 bridgehead atoms. The summed E-state index contributed by atoms with van der Waals surface area (Å²) in [5.74, 6) is -1.27. The zero-order chi connectivity index (χ0) is 13.3. The van der Waals surface area contributed by atoms with Crippen molar-refractivity contribution in [2.45, 2.75) is 13.8 Å². The Morgan fingerprint density at radius 2 is 1.59 bits per heavy atom. The summed E-state index contributed by atoms with van der Waals surface area (Å²) >= 11 is -7.81. The van der Waals surface area contributed by atoms with Crippen molar-refractivity contribution >= 4 is 43.7 Å². The zero-order valence-corrected chi connectivity index (χ0v) is 12.7. The second-order valence-electron chi connectivity index (χ2n) is 3.36. The van der Waals surface area contributed by atoms with Gasteiger partial charge in [0.15, 0.2) is 0 Å². The molecule has 0 unspecified atom stereocenters. The first-order valence-corrected chi connectivity index (χ1v) is 9.37. The van der Waals surface area contributed by atoms with Crippen LogP contribution in [0, 0.1) is 13.8 Å². The monoisotopic (exact) mass is 362 g/mol. The van der Waals surface area contributed by atoms with E-state index in [1.165, 1.54) is 13.8 Å². The van der Waals surface area contributed by atoms with Gasteiger partial charge in [0.25, 0.3) is 0 Å². The third-order valence-electron chi connectivity index (χ3n) is 2.46. The van der Waals surface area contributed by atoms with Crippen LogP contribution in [-0.2, 0) is 15.0 Å². The van der Waals surface area contributed by atoms with Crippen LogP contribution < -0.4 is 8.70 Å². The van der Waals surface area contributed by atoms with Gasteiger partial charge in [0.2, 0.25) is 0 Å². The molecule has 0 aliphatic rings. The fourth-order valence-corrected chi connectivity index (χ4v) is 5.92. The molecule has 6 nitrogen and oxygen atoms in total. The number of benzene rings is 1. The van der Waals surface area contributed by atoms with Crippen LogP contribution in [-0.4, -0.2) is 40.1 Å². The van der Waals surface area contributed by atoms with Gasteiger partial charge >= 0.3 is 105 Å². The molecule has 0 amide bonds. The molecule has 0 fully saturated rings. The number of carboxylic acid groups (broad SMARTS) is 1. The van der Waals surface area contributed by atoms with E-state index in [4.69, 9.17) is 5.11 Å². The number of carbonyl (C=O) groups is 1. The van der Waals surface area contributed by atoms with E-state index in [-0.39, 0.29) is 25.4 Å². The summed E-state index contributed by atoms with van der Waals surface area (Å²) < 4.78 is 43.7. The first-order valence-electron chi connectivity index (χ1n) is 4.43. The van der Waals surface area contributed by atoms with Gasteiger partial charge in [0, 0.05) is 0 Å². The molecule has 1 aromatic carbocycles. The van der Waals surface area contributed by atoms with Gasteiger partial charge < -0.3 is 0 Å². The van der Waals surface area contributed by atoms with Crippen molar-refractivity contribution in [3.8, 4) is 0 Å². The van der Waals surface area contributed by atoms with Crippen LogP contribution in [0.3, 0.4) is 0 Å². The van der Waals surface area contributed by atoms with Crippen LogP contribution in [0.4, 0.5) is 0 Å². The second kappa shape index (κ2) is 5.11. The van der Waals surface area contributed by atoms with Gasteiger partial charge in [-0.2, -0.15) is 0 Å². The van der Waals surface area contributed by atoms with Crippen LogP contribution in [0.15, 0.2) is 6.07 Å². The molecule has 90 valence electrons. The molecule has 0 saturated heterocycles. The Morgan fingerprint density at radius 1 is 1.06 bits per heavy atom. The molecule has 1 N–H and O–H groups in total. The fraction of sp³-hybridized carbons (Fsp3) is 0.222. The predicted molar refractivity (Wildman–Crippen MR) is 56.4 cm³/mol. The maximum absolute atomic E-state index is 11.1. The molecule has 17 heavy (non-hydrogen) atoms. The van der Waals surface area contributed by atoms with E-state index >= 15 is 0 Å². The molecule has 1 rings (SSSR count). The Balaban J connectivity index is 3.87. The molecule has 0 saturated carbocycles. The van der Waals surface area contributed by atoms with Crippen molar-refractivity contribution in [1.82, 2.24) is 0 Å². The summed E-state index contributed by atoms with van der Waals surface area (Å²) in [5, 5.41) is 8.89. The molecule has 1 aromatic rings. The zero-order valence-electron chi connectivity index (χ0n) is 8.96. The molecule has 0 aliphatic carbocycles. The van der Waals surface area contributed by atoms with Gasteiger partial charge in [-0.1, -0.05) is 0 Å². The molecule has 0 atom stereocenters. The first kappa shape index (κ1) is 14.1. The minimum absolute atomic E-state index is 0.178. The second-order valence-corrected chi connectivity index (χ2v) is 7.47. The molecule has 8 heteroatoms. The Labute approximate surface area is 105 Å². The maximum atomic E-state index is 11.1. The fourth-order valence-electron chi connectivity index (χ4n) is 1.48. The Morgan fingerprint density at radius 3 is 1.94 bits per heavy atom. The average molecular weight is 362 g/mol. The van der Waals surface area contributed by atoms with Gasteiger partial charge in [0.05, 0.1) is 0 Å². The van der Waals surface area contributed by atoms with E-state index in [0.717, 1.165) is 6.07 Å². The van der Waals surface area contributed by atoms with Crippen molar-refractivity contribution in [2.24, 2.45) is 0 Å². The van der Waals surface area contributed by atoms with Crippen LogP contribution in [0.1, 0.15) is 21.5 Å². The number of aromatic carboxylic acids is 1. The van der Waals surface area contributed by atoms with Gasteiger partial charge in [-0.25, -0.2) is 0 Å². The van der Waals surface area contributed by atoms with E-state index in [1.54, 1.807) is 0 Å². The van der Waals surface area contributed by atoms with Crippen LogP contribution in [0.25, 0.3) is 0 Å². The summed E-state index contributed by atoms with van der Waals surface area (Å²) in [6.45, 7) is 2.87. The van der Waals surface area contributed by atoms with Crippen molar-refractivity contribution < 1.29 is 24.9 Å². The van der Waals surface area contributed by atoms with Crippen molar-refractivity contribution in [3.05, 3.63) is 22.8 Å². The number of carboxylic acids is 1. The Bertz CT molecular complexity index is 623. The summed E-state index contributed by atoms with van der Waals surface area (Å²) in [7, 11) is 0. The van der Waals surface area contributed by atoms with Crippen LogP contribution in [0.2, 0.25) is 0 Å². The minimum atomic E-state index is -3.94. The van der Waals surface area contributed by atoms with Crippen molar-refractivity contribution in [1.29, 1.82) is 0 Å². The standard InChI is InChI=1S/C9H8As2O6/c1-4-5(2)8(11(16)17)7(10(14)15)3-6(4)9(12)13/h3H,1-2H3,(H,12,13). The topological polar surface area (TPSA) is 106 Å². The van der Waals surface area contributed by atoms with E-state index in [2.05, 4.69) is 0 Å². The molecule has 0 spiro atoms. The van der Waals surface area contributed by atoms with E-state index in [0.29, 0.717) is 0 Å². The molecule has 0 aromatic heterocycles. The van der Waals surface area contributed by atoms with Crippen molar-refractivity contribution in [3.63, 3.8) is 0 Å². The first-order chi connectivity index (χ1) is 7.77.